The van der Waals surface area contributed by atoms with Crippen LogP contribution in [0.3, 0.4) is 0 Å². The van der Waals surface area contributed by atoms with Crippen LogP contribution in [0.2, 0.25) is 0 Å². The van der Waals surface area contributed by atoms with Gasteiger partial charge >= 0.3 is 5.97 Å². The third-order valence-corrected chi connectivity index (χ3v) is 6.69. The first kappa shape index (κ1) is 22.1. The molecule has 5 rings (SSSR count). The molecule has 7 heteroatoms. The fourth-order valence-corrected chi connectivity index (χ4v) is 5.04. The first-order chi connectivity index (χ1) is 16.6. The average molecular weight is 458 g/mol. The number of carboxylic acids is 1. The van der Waals surface area contributed by atoms with Crippen molar-refractivity contribution in [1.29, 1.82) is 0 Å². The lowest BCUT2D eigenvalue weighted by molar-refractivity contribution is 0.0690. The van der Waals surface area contributed by atoms with E-state index in [1.807, 2.05) is 24.3 Å². The molecule has 1 aliphatic carbocycles. The standard InChI is InChI=1S/C27H27N3O4/c1-34-16-20-9-5-6-10-21(20)17-11-13-19(14-12-17)25-24(18-7-3-2-4-8-18)26(31)30-23(28-25)15-22(29-30)27(32)33/h5-6,9-15,18,28H,2-4,7-8,16H2,1H3,(H,32,33). The Morgan fingerprint density at radius 2 is 1.79 bits per heavy atom. The van der Waals surface area contributed by atoms with E-state index in [2.05, 4.69) is 34.3 Å². The third-order valence-electron chi connectivity index (χ3n) is 6.69. The second kappa shape index (κ2) is 9.27. The largest absolute Gasteiger partial charge is 0.476 e. The highest BCUT2D eigenvalue weighted by atomic mass is 16.5. The minimum Gasteiger partial charge on any atom is -0.476 e. The number of ether oxygens (including phenoxy) is 1. The van der Waals surface area contributed by atoms with Crippen LogP contribution >= 0.6 is 0 Å². The molecule has 0 saturated heterocycles. The molecule has 2 aromatic heterocycles. The number of carbonyl (C=O) groups is 1. The molecule has 0 spiro atoms. The van der Waals surface area contributed by atoms with E-state index in [1.54, 1.807) is 7.11 Å². The summed E-state index contributed by atoms with van der Waals surface area (Å²) in [5.41, 5.74) is 5.61. The average Bonchev–Trinajstić information content (AvgIpc) is 3.31. The van der Waals surface area contributed by atoms with Crippen LogP contribution in [-0.4, -0.2) is 32.8 Å². The van der Waals surface area contributed by atoms with Crippen molar-refractivity contribution in [2.24, 2.45) is 0 Å². The van der Waals surface area contributed by atoms with Crippen molar-refractivity contribution in [2.75, 3.05) is 7.11 Å². The first-order valence-corrected chi connectivity index (χ1v) is 11.6. The zero-order valence-corrected chi connectivity index (χ0v) is 19.1. The highest BCUT2D eigenvalue weighted by Gasteiger charge is 2.25. The number of H-pyrrole nitrogens is 1. The number of hydrogen-bond acceptors (Lipinski definition) is 4. The van der Waals surface area contributed by atoms with Crippen molar-refractivity contribution in [3.8, 4) is 22.4 Å². The van der Waals surface area contributed by atoms with Gasteiger partial charge in [0.25, 0.3) is 5.56 Å². The van der Waals surface area contributed by atoms with Crippen LogP contribution < -0.4 is 5.56 Å². The van der Waals surface area contributed by atoms with E-state index in [9.17, 15) is 14.7 Å². The van der Waals surface area contributed by atoms with Crippen molar-refractivity contribution >= 4 is 11.6 Å². The summed E-state index contributed by atoms with van der Waals surface area (Å²) in [6.07, 6.45) is 5.22. The molecule has 1 saturated carbocycles. The van der Waals surface area contributed by atoms with Crippen LogP contribution in [0.1, 0.15) is 59.6 Å². The van der Waals surface area contributed by atoms with Gasteiger partial charge in [-0.15, -0.1) is 0 Å². The Kier molecular flexibility index (Phi) is 6.02. The van der Waals surface area contributed by atoms with E-state index < -0.39 is 5.97 Å². The maximum Gasteiger partial charge on any atom is 0.356 e. The van der Waals surface area contributed by atoms with Gasteiger partial charge in [-0.3, -0.25) is 4.79 Å². The number of nitrogens with zero attached hydrogens (tertiary/aromatic N) is 2. The number of carboxylic acid groups (broad SMARTS) is 1. The summed E-state index contributed by atoms with van der Waals surface area (Å²) in [6.45, 7) is 0.529. The van der Waals surface area contributed by atoms with Crippen LogP contribution in [0.15, 0.2) is 59.4 Å². The molecule has 0 bridgehead atoms. The molecule has 7 nitrogen and oxygen atoms in total. The lowest BCUT2D eigenvalue weighted by atomic mass is 9.82. The Hall–Kier alpha value is -3.71. The van der Waals surface area contributed by atoms with E-state index in [1.165, 1.54) is 17.0 Å². The van der Waals surface area contributed by atoms with Gasteiger partial charge in [0.15, 0.2) is 5.69 Å². The fraction of sp³-hybridized carbons (Fsp3) is 0.296. The quantitative estimate of drug-likeness (QED) is 0.412. The lowest BCUT2D eigenvalue weighted by Gasteiger charge is -2.23. The maximum atomic E-state index is 13.5. The molecule has 4 aromatic rings. The van der Waals surface area contributed by atoms with Gasteiger partial charge in [0.1, 0.15) is 5.65 Å². The van der Waals surface area contributed by atoms with Gasteiger partial charge in [0, 0.05) is 18.7 Å². The minimum absolute atomic E-state index is 0.122. The maximum absolute atomic E-state index is 13.5. The SMILES string of the molecule is COCc1ccccc1-c1ccc(-c2[nH]c3cc(C(=O)O)nn3c(=O)c2C2CCCCC2)cc1. The van der Waals surface area contributed by atoms with Crippen LogP contribution in [0.4, 0.5) is 0 Å². The molecule has 0 radical (unpaired) electrons. The van der Waals surface area contributed by atoms with Gasteiger partial charge in [-0.25, -0.2) is 4.79 Å². The summed E-state index contributed by atoms with van der Waals surface area (Å²) in [5.74, 6) is -1.03. The summed E-state index contributed by atoms with van der Waals surface area (Å²) < 4.78 is 6.55. The Morgan fingerprint density at radius 3 is 2.50 bits per heavy atom. The van der Waals surface area contributed by atoms with Crippen LogP contribution in [0.5, 0.6) is 0 Å². The molecule has 2 aromatic carbocycles. The van der Waals surface area contributed by atoms with Crippen molar-refractivity contribution in [3.63, 3.8) is 0 Å². The van der Waals surface area contributed by atoms with E-state index in [0.717, 1.165) is 53.6 Å². The highest BCUT2D eigenvalue weighted by Crippen LogP contribution is 2.36. The summed E-state index contributed by atoms with van der Waals surface area (Å²) in [6, 6.07) is 17.7. The van der Waals surface area contributed by atoms with E-state index in [4.69, 9.17) is 4.74 Å². The molecule has 0 atom stereocenters. The number of benzene rings is 2. The normalized spacial score (nSPS) is 14.5. The van der Waals surface area contributed by atoms with Gasteiger partial charge < -0.3 is 14.8 Å². The molecule has 2 heterocycles. The predicted molar refractivity (Wildman–Crippen MR) is 130 cm³/mol. The van der Waals surface area contributed by atoms with E-state index in [-0.39, 0.29) is 17.2 Å². The number of fused-ring (bicyclic) bond motifs is 1. The highest BCUT2D eigenvalue weighted by molar-refractivity contribution is 5.86. The number of nitrogens with one attached hydrogen (secondary N) is 1. The molecular formula is C27H27N3O4. The Bertz CT molecular complexity index is 1400. The van der Waals surface area contributed by atoms with Gasteiger partial charge in [-0.1, -0.05) is 67.8 Å². The van der Waals surface area contributed by atoms with Gasteiger partial charge in [0.05, 0.1) is 12.3 Å². The zero-order valence-electron chi connectivity index (χ0n) is 19.1. The van der Waals surface area contributed by atoms with E-state index >= 15 is 0 Å². The monoisotopic (exact) mass is 457 g/mol. The molecule has 34 heavy (non-hydrogen) atoms. The van der Waals surface area contributed by atoms with Crippen molar-refractivity contribution in [2.45, 2.75) is 44.6 Å². The summed E-state index contributed by atoms with van der Waals surface area (Å²) in [4.78, 5) is 28.3. The molecule has 0 amide bonds. The lowest BCUT2D eigenvalue weighted by Crippen LogP contribution is -2.25. The molecule has 0 unspecified atom stereocenters. The fourth-order valence-electron chi connectivity index (χ4n) is 5.04. The van der Waals surface area contributed by atoms with Gasteiger partial charge in [-0.05, 0) is 41.0 Å². The number of aromatic nitrogens is 3. The Morgan fingerprint density at radius 1 is 1.09 bits per heavy atom. The topological polar surface area (TPSA) is 96.7 Å². The zero-order chi connectivity index (χ0) is 23.7. The smallest absolute Gasteiger partial charge is 0.356 e. The molecule has 1 fully saturated rings. The van der Waals surface area contributed by atoms with Gasteiger partial charge in [-0.2, -0.15) is 9.61 Å². The van der Waals surface area contributed by atoms with E-state index in [0.29, 0.717) is 17.8 Å². The summed E-state index contributed by atoms with van der Waals surface area (Å²) in [7, 11) is 1.69. The number of aromatic carboxylic acids is 1. The molecule has 174 valence electrons. The molecule has 0 aliphatic heterocycles. The second-order valence-corrected chi connectivity index (χ2v) is 8.85. The second-order valence-electron chi connectivity index (χ2n) is 8.85. The summed E-state index contributed by atoms with van der Waals surface area (Å²) in [5, 5.41) is 13.4. The van der Waals surface area contributed by atoms with Crippen molar-refractivity contribution < 1.29 is 14.6 Å². The van der Waals surface area contributed by atoms with Crippen LogP contribution in [0.25, 0.3) is 28.0 Å². The molecular weight excluding hydrogens is 430 g/mol. The Labute approximate surface area is 197 Å². The number of rotatable bonds is 6. The minimum atomic E-state index is -1.16. The molecule has 1 aliphatic rings. The number of methoxy groups -OCH3 is 1. The number of aromatic amines is 1. The van der Waals surface area contributed by atoms with Gasteiger partial charge in [0.2, 0.25) is 0 Å². The Balaban J connectivity index is 1.64. The predicted octanol–water partition coefficient (Wildman–Crippen LogP) is 5.25. The molecule has 2 N–H and O–H groups in total. The van der Waals surface area contributed by atoms with Crippen LogP contribution in [-0.2, 0) is 11.3 Å². The van der Waals surface area contributed by atoms with Crippen molar-refractivity contribution in [3.05, 3.63) is 81.8 Å². The third kappa shape index (κ3) is 4.03. The number of hydrogen-bond donors (Lipinski definition) is 2. The van der Waals surface area contributed by atoms with Crippen LogP contribution in [0, 0.1) is 0 Å². The summed E-state index contributed by atoms with van der Waals surface area (Å²) >= 11 is 0. The first-order valence-electron chi connectivity index (χ1n) is 11.6. The van der Waals surface area contributed by atoms with Crippen molar-refractivity contribution in [1.82, 2.24) is 14.6 Å².